The molecule has 0 aliphatic carbocycles. The van der Waals surface area contributed by atoms with E-state index < -0.39 is 15.9 Å². The fraction of sp³-hybridized carbons (Fsp3) is 0.0500. The summed E-state index contributed by atoms with van der Waals surface area (Å²) in [6, 6.07) is 17.8. The number of hydrogen-bond donors (Lipinski definition) is 1. The van der Waals surface area contributed by atoms with Crippen LogP contribution in [0.15, 0.2) is 80.3 Å². The van der Waals surface area contributed by atoms with Crippen molar-refractivity contribution in [2.24, 2.45) is 0 Å². The fourth-order valence-electron chi connectivity index (χ4n) is 3.41. The summed E-state index contributed by atoms with van der Waals surface area (Å²) in [5.74, 6) is -0.423. The summed E-state index contributed by atoms with van der Waals surface area (Å²) in [4.78, 5) is 13.9. The summed E-state index contributed by atoms with van der Waals surface area (Å²) in [5.41, 5.74) is 2.75. The number of sulfonamides is 1. The summed E-state index contributed by atoms with van der Waals surface area (Å²) in [7, 11) is -3.79. The Morgan fingerprint density at radius 1 is 1.07 bits per heavy atom. The van der Waals surface area contributed by atoms with E-state index in [9.17, 15) is 13.2 Å². The van der Waals surface area contributed by atoms with Gasteiger partial charge in [0.1, 0.15) is 12.1 Å². The van der Waals surface area contributed by atoms with Crippen LogP contribution in [0.1, 0.15) is 0 Å². The van der Waals surface area contributed by atoms with E-state index in [1.54, 1.807) is 35.8 Å². The number of benzene rings is 3. The number of hydrogen-bond acceptors (Lipinski definition) is 7. The molecule has 2 heterocycles. The zero-order chi connectivity index (χ0) is 20.7. The Bertz CT molecular complexity index is 1370. The van der Waals surface area contributed by atoms with E-state index in [0.29, 0.717) is 16.8 Å². The van der Waals surface area contributed by atoms with Crippen molar-refractivity contribution in [2.75, 3.05) is 16.2 Å². The zero-order valence-corrected chi connectivity index (χ0v) is 17.8. The van der Waals surface area contributed by atoms with E-state index in [1.807, 2.05) is 30.3 Å². The standard InChI is InChI=1S/C20H14N4O3S3/c25-18(22-14-7-1-2-9-16(14)29-20-23-21-12-28-20)11-24-15-8-3-5-13-6-4-10-17(19(13)15)30(24,26)27/h1-10,12H,11H2,(H,22,25). The first-order chi connectivity index (χ1) is 14.5. The summed E-state index contributed by atoms with van der Waals surface area (Å²) < 4.78 is 28.0. The molecule has 4 aromatic rings. The van der Waals surface area contributed by atoms with Gasteiger partial charge in [-0.1, -0.05) is 59.5 Å². The van der Waals surface area contributed by atoms with Gasteiger partial charge in [0, 0.05) is 10.3 Å². The summed E-state index contributed by atoms with van der Waals surface area (Å²) in [6.45, 7) is -0.312. The molecule has 0 unspecified atom stereocenters. The maximum atomic E-state index is 13.1. The third-order valence-electron chi connectivity index (χ3n) is 4.67. The molecule has 1 N–H and O–H groups in total. The van der Waals surface area contributed by atoms with Gasteiger partial charge in [0.25, 0.3) is 10.0 Å². The molecule has 1 aliphatic rings. The lowest BCUT2D eigenvalue weighted by Crippen LogP contribution is -2.35. The summed E-state index contributed by atoms with van der Waals surface area (Å²) >= 11 is 2.79. The number of anilines is 2. The quantitative estimate of drug-likeness (QED) is 0.490. The topological polar surface area (TPSA) is 92.3 Å². The maximum Gasteiger partial charge on any atom is 0.265 e. The van der Waals surface area contributed by atoms with Crippen molar-refractivity contribution >= 4 is 61.2 Å². The van der Waals surface area contributed by atoms with Crippen LogP contribution >= 0.6 is 23.1 Å². The number of nitrogens with zero attached hydrogens (tertiary/aromatic N) is 3. The number of aromatic nitrogens is 2. The third-order valence-corrected chi connectivity index (χ3v) is 8.32. The van der Waals surface area contributed by atoms with Gasteiger partial charge in [0.2, 0.25) is 5.91 Å². The minimum absolute atomic E-state index is 0.232. The molecule has 0 atom stereocenters. The monoisotopic (exact) mass is 454 g/mol. The average Bonchev–Trinajstić information content (AvgIpc) is 3.32. The van der Waals surface area contributed by atoms with Crippen molar-refractivity contribution in [2.45, 2.75) is 14.1 Å². The molecule has 1 aromatic heterocycles. The Kier molecular flexibility index (Phi) is 4.69. The molecule has 7 nitrogen and oxygen atoms in total. The number of nitrogens with one attached hydrogen (secondary N) is 1. The number of amides is 1. The first-order valence-corrected chi connectivity index (χ1v) is 12.0. The molecule has 0 saturated heterocycles. The van der Waals surface area contributed by atoms with Crippen LogP contribution in [0.5, 0.6) is 0 Å². The molecule has 30 heavy (non-hydrogen) atoms. The van der Waals surface area contributed by atoms with E-state index in [1.165, 1.54) is 27.4 Å². The van der Waals surface area contributed by atoms with Gasteiger partial charge < -0.3 is 5.32 Å². The van der Waals surface area contributed by atoms with Crippen LogP contribution in [0, 0.1) is 0 Å². The van der Waals surface area contributed by atoms with Crippen molar-refractivity contribution < 1.29 is 13.2 Å². The lowest BCUT2D eigenvalue weighted by atomic mass is 10.1. The predicted octanol–water partition coefficient (Wildman–Crippen LogP) is 3.99. The van der Waals surface area contributed by atoms with Gasteiger partial charge in [-0.25, -0.2) is 8.42 Å². The predicted molar refractivity (Wildman–Crippen MR) is 118 cm³/mol. The number of carbonyl (C=O) groups is 1. The molecular formula is C20H14N4O3S3. The Balaban J connectivity index is 1.42. The lowest BCUT2D eigenvalue weighted by molar-refractivity contribution is -0.114. The molecule has 0 spiro atoms. The molecule has 0 fully saturated rings. The fourth-order valence-corrected chi connectivity index (χ4v) is 6.60. The Hall–Kier alpha value is -2.95. The number of para-hydroxylation sites is 1. The lowest BCUT2D eigenvalue weighted by Gasteiger charge is -2.19. The Labute approximate surface area is 180 Å². The minimum atomic E-state index is -3.79. The van der Waals surface area contributed by atoms with Gasteiger partial charge in [-0.2, -0.15) is 0 Å². The van der Waals surface area contributed by atoms with Crippen LogP contribution in [-0.4, -0.2) is 31.1 Å². The van der Waals surface area contributed by atoms with E-state index in [4.69, 9.17) is 0 Å². The zero-order valence-electron chi connectivity index (χ0n) is 15.3. The number of carbonyl (C=O) groups excluding carboxylic acids is 1. The average molecular weight is 455 g/mol. The molecule has 3 aromatic carbocycles. The van der Waals surface area contributed by atoms with Crippen LogP contribution in [0.2, 0.25) is 0 Å². The molecule has 1 amide bonds. The summed E-state index contributed by atoms with van der Waals surface area (Å²) in [6.07, 6.45) is 0. The van der Waals surface area contributed by atoms with Gasteiger partial charge in [0.05, 0.1) is 16.3 Å². The highest BCUT2D eigenvalue weighted by Gasteiger charge is 2.36. The Morgan fingerprint density at radius 3 is 2.67 bits per heavy atom. The minimum Gasteiger partial charge on any atom is -0.323 e. The second-order valence-electron chi connectivity index (χ2n) is 6.49. The van der Waals surface area contributed by atoms with Crippen LogP contribution in [0.4, 0.5) is 11.4 Å². The van der Waals surface area contributed by atoms with Crippen LogP contribution in [0.3, 0.4) is 0 Å². The second kappa shape index (κ2) is 7.38. The smallest absolute Gasteiger partial charge is 0.265 e. The van der Waals surface area contributed by atoms with Crippen LogP contribution in [0.25, 0.3) is 10.8 Å². The van der Waals surface area contributed by atoms with Crippen LogP contribution in [-0.2, 0) is 14.8 Å². The van der Waals surface area contributed by atoms with Crippen molar-refractivity contribution in [3.63, 3.8) is 0 Å². The highest BCUT2D eigenvalue weighted by molar-refractivity contribution is 8.01. The Morgan fingerprint density at radius 2 is 1.87 bits per heavy atom. The first kappa shape index (κ1) is 19.0. The third kappa shape index (κ3) is 3.22. The van der Waals surface area contributed by atoms with Crippen molar-refractivity contribution in [1.82, 2.24) is 10.2 Å². The van der Waals surface area contributed by atoms with Gasteiger partial charge in [-0.3, -0.25) is 9.10 Å². The highest BCUT2D eigenvalue weighted by Crippen LogP contribution is 2.42. The molecular weight excluding hydrogens is 440 g/mol. The molecule has 0 radical (unpaired) electrons. The van der Waals surface area contributed by atoms with Crippen molar-refractivity contribution in [1.29, 1.82) is 0 Å². The SMILES string of the molecule is O=C(CN1c2cccc3cccc(c23)S1(=O)=O)Nc1ccccc1Sc1nncs1. The van der Waals surface area contributed by atoms with E-state index in [2.05, 4.69) is 15.5 Å². The molecule has 0 saturated carbocycles. The molecule has 5 rings (SSSR count). The highest BCUT2D eigenvalue weighted by atomic mass is 32.2. The van der Waals surface area contributed by atoms with Gasteiger partial charge >= 0.3 is 0 Å². The molecule has 1 aliphatic heterocycles. The van der Waals surface area contributed by atoms with Gasteiger partial charge in [-0.05, 0) is 29.7 Å². The van der Waals surface area contributed by atoms with Crippen molar-refractivity contribution in [3.8, 4) is 0 Å². The second-order valence-corrected chi connectivity index (χ2v) is 10.4. The molecule has 0 bridgehead atoms. The van der Waals surface area contributed by atoms with Crippen molar-refractivity contribution in [3.05, 3.63) is 66.2 Å². The van der Waals surface area contributed by atoms with E-state index in [0.717, 1.165) is 14.6 Å². The maximum absolute atomic E-state index is 13.1. The van der Waals surface area contributed by atoms with Gasteiger partial charge in [0.15, 0.2) is 4.34 Å². The molecule has 150 valence electrons. The van der Waals surface area contributed by atoms with Crippen LogP contribution < -0.4 is 9.62 Å². The normalized spacial score (nSPS) is 14.2. The number of rotatable bonds is 5. The van der Waals surface area contributed by atoms with E-state index in [-0.39, 0.29) is 11.4 Å². The van der Waals surface area contributed by atoms with E-state index >= 15 is 0 Å². The van der Waals surface area contributed by atoms with Gasteiger partial charge in [-0.15, -0.1) is 10.2 Å². The molecule has 10 heteroatoms. The largest absolute Gasteiger partial charge is 0.323 e. The first-order valence-electron chi connectivity index (χ1n) is 8.91. The summed E-state index contributed by atoms with van der Waals surface area (Å²) in [5, 5.41) is 12.1.